The maximum atomic E-state index is 10.9. The van der Waals surface area contributed by atoms with Gasteiger partial charge in [0, 0.05) is 17.8 Å². The predicted molar refractivity (Wildman–Crippen MR) is 68.2 cm³/mol. The van der Waals surface area contributed by atoms with E-state index in [0.29, 0.717) is 18.4 Å². The first kappa shape index (κ1) is 14.7. The molecule has 0 radical (unpaired) electrons. The quantitative estimate of drug-likeness (QED) is 0.597. The van der Waals surface area contributed by atoms with Crippen LogP contribution in [0.5, 0.6) is 0 Å². The Bertz CT molecular complexity index is 483. The van der Waals surface area contributed by atoms with Gasteiger partial charge in [0.25, 0.3) is 10.1 Å². The van der Waals surface area contributed by atoms with Crippen LogP contribution in [0.4, 0.5) is 0 Å². The van der Waals surface area contributed by atoms with Gasteiger partial charge in [-0.05, 0) is 37.3 Å². The fraction of sp³-hybridized carbons (Fsp3) is 0.545. The minimum atomic E-state index is -3.67. The molecular formula is C11H18N2O4S. The van der Waals surface area contributed by atoms with Crippen LogP contribution < -0.4 is 11.1 Å². The topological polar surface area (TPSA) is 109 Å². The summed E-state index contributed by atoms with van der Waals surface area (Å²) < 4.78 is 25.9. The fourth-order valence-electron chi connectivity index (χ4n) is 1.91. The zero-order valence-corrected chi connectivity index (χ0v) is 11.1. The molecule has 7 heteroatoms. The van der Waals surface area contributed by atoms with Gasteiger partial charge in [0.2, 0.25) is 5.91 Å². The number of primary amides is 1. The molecule has 4 N–H and O–H groups in total. The highest BCUT2D eigenvalue weighted by atomic mass is 32.2. The Labute approximate surface area is 107 Å². The van der Waals surface area contributed by atoms with Crippen molar-refractivity contribution >= 4 is 16.0 Å². The maximum Gasteiger partial charge on any atom is 0.261 e. The van der Waals surface area contributed by atoms with Crippen LogP contribution in [0.15, 0.2) is 22.9 Å². The van der Waals surface area contributed by atoms with Crippen molar-refractivity contribution in [2.45, 2.75) is 25.7 Å². The van der Waals surface area contributed by atoms with Crippen molar-refractivity contribution in [2.24, 2.45) is 5.73 Å². The van der Waals surface area contributed by atoms with Crippen molar-refractivity contribution in [3.05, 3.63) is 22.9 Å². The minimum Gasteiger partial charge on any atom is -0.384 e. The Hall–Kier alpha value is -1.34. The Kier molecular flexibility index (Phi) is 4.92. The van der Waals surface area contributed by atoms with Crippen molar-refractivity contribution in [1.82, 2.24) is 5.32 Å². The van der Waals surface area contributed by atoms with Crippen LogP contribution >= 0.6 is 0 Å². The van der Waals surface area contributed by atoms with Crippen LogP contribution in [0, 0.1) is 0 Å². The number of hydrogen-bond donors (Lipinski definition) is 3. The van der Waals surface area contributed by atoms with Crippen molar-refractivity contribution < 1.29 is 17.8 Å². The molecule has 6 nitrogen and oxygen atoms in total. The second kappa shape index (κ2) is 6.01. The van der Waals surface area contributed by atoms with E-state index in [1.165, 1.54) is 24.1 Å². The van der Waals surface area contributed by atoms with Gasteiger partial charge >= 0.3 is 0 Å². The van der Waals surface area contributed by atoms with Crippen LogP contribution in [-0.2, 0) is 14.9 Å². The summed E-state index contributed by atoms with van der Waals surface area (Å²) in [7, 11) is -3.67. The maximum absolute atomic E-state index is 10.9. The van der Waals surface area contributed by atoms with Gasteiger partial charge in [0.05, 0.1) is 6.26 Å². The molecule has 0 unspecified atom stereocenters. The van der Waals surface area contributed by atoms with Gasteiger partial charge in [-0.1, -0.05) is 0 Å². The SMILES string of the molecule is CS(=O)(=O)O.NC(=O)C1=CC2=C(CCCC2)NC1. The van der Waals surface area contributed by atoms with Crippen LogP contribution in [0.1, 0.15) is 25.7 Å². The van der Waals surface area contributed by atoms with Gasteiger partial charge in [-0.15, -0.1) is 0 Å². The van der Waals surface area contributed by atoms with E-state index in [9.17, 15) is 13.2 Å². The lowest BCUT2D eigenvalue weighted by Gasteiger charge is -2.24. The summed E-state index contributed by atoms with van der Waals surface area (Å²) in [6.45, 7) is 0.605. The molecule has 1 amide bonds. The van der Waals surface area contributed by atoms with Gasteiger partial charge in [0.15, 0.2) is 0 Å². The van der Waals surface area contributed by atoms with E-state index in [0.717, 1.165) is 12.8 Å². The van der Waals surface area contributed by atoms with Gasteiger partial charge < -0.3 is 11.1 Å². The van der Waals surface area contributed by atoms with E-state index in [-0.39, 0.29) is 5.91 Å². The number of rotatable bonds is 1. The molecule has 1 heterocycles. The van der Waals surface area contributed by atoms with E-state index >= 15 is 0 Å². The molecule has 1 aliphatic carbocycles. The summed E-state index contributed by atoms with van der Waals surface area (Å²) in [6, 6.07) is 0. The molecule has 18 heavy (non-hydrogen) atoms. The molecule has 1 aliphatic heterocycles. The Morgan fingerprint density at radius 1 is 1.39 bits per heavy atom. The zero-order valence-electron chi connectivity index (χ0n) is 10.3. The summed E-state index contributed by atoms with van der Waals surface area (Å²) in [4.78, 5) is 10.9. The second-order valence-electron chi connectivity index (χ2n) is 4.33. The van der Waals surface area contributed by atoms with Crippen LogP contribution in [0.2, 0.25) is 0 Å². The standard InChI is InChI=1S/C10H14N2O.CH4O3S/c11-10(13)8-5-7-3-1-2-4-9(7)12-6-8;1-5(2,3)4/h5,12H,1-4,6H2,(H2,11,13);1H3,(H,2,3,4). The molecule has 0 saturated carbocycles. The first-order valence-corrected chi connectivity index (χ1v) is 7.51. The molecule has 102 valence electrons. The van der Waals surface area contributed by atoms with Gasteiger partial charge in [-0.25, -0.2) is 0 Å². The van der Waals surface area contributed by atoms with E-state index < -0.39 is 10.1 Å². The lowest BCUT2D eigenvalue weighted by atomic mass is 9.92. The van der Waals surface area contributed by atoms with Crippen molar-refractivity contribution in [2.75, 3.05) is 12.8 Å². The lowest BCUT2D eigenvalue weighted by molar-refractivity contribution is -0.114. The fourth-order valence-corrected chi connectivity index (χ4v) is 1.91. The van der Waals surface area contributed by atoms with Crippen LogP contribution in [-0.4, -0.2) is 31.7 Å². The third-order valence-corrected chi connectivity index (χ3v) is 2.67. The highest BCUT2D eigenvalue weighted by molar-refractivity contribution is 7.85. The summed E-state index contributed by atoms with van der Waals surface area (Å²) in [5.41, 5.74) is 8.53. The molecular weight excluding hydrogens is 256 g/mol. The molecule has 0 atom stereocenters. The summed E-state index contributed by atoms with van der Waals surface area (Å²) in [5, 5.41) is 3.26. The van der Waals surface area contributed by atoms with Crippen LogP contribution in [0.25, 0.3) is 0 Å². The summed E-state index contributed by atoms with van der Waals surface area (Å²) in [5.74, 6) is -0.301. The zero-order chi connectivity index (χ0) is 13.8. The normalized spacial score (nSPS) is 18.9. The number of dihydropyridines is 1. The number of carbonyl (C=O) groups is 1. The number of carbonyl (C=O) groups excluding carboxylic acids is 1. The van der Waals surface area contributed by atoms with Crippen molar-refractivity contribution in [1.29, 1.82) is 0 Å². The van der Waals surface area contributed by atoms with Crippen molar-refractivity contribution in [3.63, 3.8) is 0 Å². The van der Waals surface area contributed by atoms with E-state index in [4.69, 9.17) is 10.3 Å². The largest absolute Gasteiger partial charge is 0.384 e. The molecule has 0 aromatic heterocycles. The first-order chi connectivity index (χ1) is 8.27. The number of nitrogens with two attached hydrogens (primary N) is 1. The molecule has 0 spiro atoms. The van der Waals surface area contributed by atoms with E-state index in [1.54, 1.807) is 0 Å². The van der Waals surface area contributed by atoms with E-state index in [1.807, 2.05) is 6.08 Å². The molecule has 0 fully saturated rings. The van der Waals surface area contributed by atoms with Gasteiger partial charge in [-0.2, -0.15) is 8.42 Å². The Morgan fingerprint density at radius 3 is 2.50 bits per heavy atom. The highest BCUT2D eigenvalue weighted by Crippen LogP contribution is 2.27. The number of allylic oxidation sites excluding steroid dienone is 3. The highest BCUT2D eigenvalue weighted by Gasteiger charge is 2.17. The number of hydrogen-bond acceptors (Lipinski definition) is 4. The third-order valence-electron chi connectivity index (χ3n) is 2.67. The lowest BCUT2D eigenvalue weighted by Crippen LogP contribution is -2.29. The minimum absolute atomic E-state index is 0.301. The third kappa shape index (κ3) is 5.33. The van der Waals surface area contributed by atoms with Gasteiger partial charge in [-0.3, -0.25) is 9.35 Å². The summed E-state index contributed by atoms with van der Waals surface area (Å²) in [6.07, 6.45) is 7.37. The Morgan fingerprint density at radius 2 is 1.94 bits per heavy atom. The van der Waals surface area contributed by atoms with Crippen LogP contribution in [0.3, 0.4) is 0 Å². The van der Waals surface area contributed by atoms with Crippen molar-refractivity contribution in [3.8, 4) is 0 Å². The molecule has 0 saturated heterocycles. The van der Waals surface area contributed by atoms with Gasteiger partial charge in [0.1, 0.15) is 0 Å². The molecule has 2 aliphatic rings. The number of nitrogens with one attached hydrogen (secondary N) is 1. The predicted octanol–water partition coefficient (Wildman–Crippen LogP) is 0.333. The second-order valence-corrected chi connectivity index (χ2v) is 5.80. The first-order valence-electron chi connectivity index (χ1n) is 5.66. The van der Waals surface area contributed by atoms with E-state index in [2.05, 4.69) is 5.32 Å². The smallest absolute Gasteiger partial charge is 0.261 e. The Balaban J connectivity index is 0.000000280. The average Bonchev–Trinajstić information content (AvgIpc) is 2.26. The summed E-state index contributed by atoms with van der Waals surface area (Å²) >= 11 is 0. The average molecular weight is 274 g/mol. The molecule has 0 bridgehead atoms. The molecule has 2 rings (SSSR count). The molecule has 0 aromatic carbocycles. The number of amides is 1. The molecule has 0 aromatic rings. The monoisotopic (exact) mass is 274 g/mol.